The molecule has 16 heteroatoms. The van der Waals surface area contributed by atoms with Crippen LogP contribution in [0.4, 0.5) is 0 Å². The average molecular weight is 855 g/mol. The standard InChI is InChI=1S/C44H30N4O9S3/c49-58(50,51)30-12-6-27(7-13-30)42-35-20-18-33(45-35)41(26-4-2-1-3-5-26)34-19-21-36(46-34)43(28-8-14-31(15-9-28)59(52,53)54)38-23-25-40(48-38)44(39-24-22-37(42)47-39)29-10-16-32(17-11-29)60(55,56)57/h1-25,45-46H,(H,49,50,51)(H,52,53,54)(H,55,56,57). The monoisotopic (exact) mass is 854 g/mol. The number of hydrogen-bond acceptors (Lipinski definition) is 8. The van der Waals surface area contributed by atoms with Crippen LogP contribution < -0.4 is 0 Å². The van der Waals surface area contributed by atoms with Gasteiger partial charge in [-0.2, -0.15) is 25.3 Å². The van der Waals surface area contributed by atoms with Crippen molar-refractivity contribution in [2.75, 3.05) is 0 Å². The van der Waals surface area contributed by atoms with E-state index < -0.39 is 30.4 Å². The van der Waals surface area contributed by atoms with Crippen molar-refractivity contribution in [2.24, 2.45) is 0 Å². The van der Waals surface area contributed by atoms with E-state index >= 15 is 0 Å². The molecule has 8 bridgehead atoms. The van der Waals surface area contributed by atoms with E-state index in [-0.39, 0.29) is 14.7 Å². The van der Waals surface area contributed by atoms with Crippen molar-refractivity contribution < 1.29 is 38.9 Å². The van der Waals surface area contributed by atoms with Crippen molar-refractivity contribution in [2.45, 2.75) is 14.7 Å². The summed E-state index contributed by atoms with van der Waals surface area (Å²) in [4.78, 5) is 16.5. The van der Waals surface area contributed by atoms with Crippen LogP contribution in [0.25, 0.3) is 90.9 Å². The van der Waals surface area contributed by atoms with Gasteiger partial charge in [0.25, 0.3) is 30.4 Å². The fourth-order valence-corrected chi connectivity index (χ4v) is 8.85. The van der Waals surface area contributed by atoms with E-state index in [1.165, 1.54) is 48.5 Å². The van der Waals surface area contributed by atoms with Gasteiger partial charge < -0.3 is 9.97 Å². The first kappa shape index (κ1) is 38.7. The first-order valence-corrected chi connectivity index (χ1v) is 22.4. The van der Waals surface area contributed by atoms with Crippen molar-refractivity contribution in [3.63, 3.8) is 0 Å². The van der Waals surface area contributed by atoms with Crippen LogP contribution in [-0.2, 0) is 30.4 Å². The Hall–Kier alpha value is -6.79. The normalized spacial score (nSPS) is 12.8. The largest absolute Gasteiger partial charge is 0.354 e. The molecule has 0 saturated heterocycles. The van der Waals surface area contributed by atoms with Gasteiger partial charge in [0.15, 0.2) is 0 Å². The van der Waals surface area contributed by atoms with E-state index in [2.05, 4.69) is 9.97 Å². The zero-order valence-electron chi connectivity index (χ0n) is 30.8. The van der Waals surface area contributed by atoms with Crippen LogP contribution >= 0.6 is 0 Å². The van der Waals surface area contributed by atoms with Gasteiger partial charge in [-0.25, -0.2) is 9.97 Å². The van der Waals surface area contributed by atoms with E-state index in [0.29, 0.717) is 67.2 Å². The van der Waals surface area contributed by atoms with Crippen LogP contribution in [0.3, 0.4) is 0 Å². The van der Waals surface area contributed by atoms with Gasteiger partial charge in [-0.3, -0.25) is 13.7 Å². The highest BCUT2D eigenvalue weighted by molar-refractivity contribution is 7.86. The highest BCUT2D eigenvalue weighted by atomic mass is 32.2. The Morgan fingerprint density at radius 2 is 0.617 bits per heavy atom. The van der Waals surface area contributed by atoms with E-state index in [1.54, 1.807) is 48.6 Å². The quantitative estimate of drug-likeness (QED) is 0.0952. The minimum atomic E-state index is -4.51. The summed E-state index contributed by atoms with van der Waals surface area (Å²) in [6.07, 6.45) is 7.15. The number of aromatic nitrogens is 4. The molecule has 2 aliphatic heterocycles. The summed E-state index contributed by atoms with van der Waals surface area (Å²) in [5.41, 5.74) is 9.60. The molecule has 0 radical (unpaired) electrons. The van der Waals surface area contributed by atoms with Gasteiger partial charge in [0.1, 0.15) is 0 Å². The third kappa shape index (κ3) is 7.28. The predicted octanol–water partition coefficient (Wildman–Crippen LogP) is 9.06. The number of nitrogens with zero attached hydrogens (tertiary/aromatic N) is 2. The maximum Gasteiger partial charge on any atom is 0.294 e. The molecule has 0 aliphatic carbocycles. The number of fused-ring (bicyclic) bond motifs is 8. The second-order valence-electron chi connectivity index (χ2n) is 13.9. The van der Waals surface area contributed by atoms with Gasteiger partial charge in [0.2, 0.25) is 0 Å². The number of aromatic amines is 2. The summed E-state index contributed by atoms with van der Waals surface area (Å²) in [7, 11) is -13.5. The summed E-state index contributed by atoms with van der Waals surface area (Å²) >= 11 is 0. The molecule has 0 atom stereocenters. The maximum atomic E-state index is 12.0. The maximum absolute atomic E-state index is 12.0. The Labute approximate surface area is 343 Å². The molecule has 0 saturated carbocycles. The number of H-pyrrole nitrogens is 2. The third-order valence-electron chi connectivity index (χ3n) is 10.1. The Kier molecular flexibility index (Phi) is 9.35. The lowest BCUT2D eigenvalue weighted by molar-refractivity contribution is 0.481. The lowest BCUT2D eigenvalue weighted by atomic mass is 10.0. The molecule has 5 N–H and O–H groups in total. The number of benzene rings is 4. The molecule has 0 fully saturated rings. The second-order valence-corrected chi connectivity index (χ2v) is 18.1. The predicted molar refractivity (Wildman–Crippen MR) is 230 cm³/mol. The Bertz CT molecular complexity index is 3300. The summed E-state index contributed by atoms with van der Waals surface area (Å²) < 4.78 is 101. The van der Waals surface area contributed by atoms with Crippen molar-refractivity contribution in [3.8, 4) is 44.5 Å². The van der Waals surface area contributed by atoms with Crippen LogP contribution in [-0.4, -0.2) is 58.8 Å². The molecule has 9 rings (SSSR count). The van der Waals surface area contributed by atoms with Gasteiger partial charge in [-0.1, -0.05) is 66.7 Å². The highest BCUT2D eigenvalue weighted by Gasteiger charge is 2.21. The Morgan fingerprint density at radius 3 is 0.950 bits per heavy atom. The van der Waals surface area contributed by atoms with Crippen molar-refractivity contribution in [3.05, 3.63) is 150 Å². The lowest BCUT2D eigenvalue weighted by Crippen LogP contribution is -1.98. The van der Waals surface area contributed by atoms with Crippen molar-refractivity contribution >= 4 is 76.7 Å². The van der Waals surface area contributed by atoms with Gasteiger partial charge in [0.05, 0.1) is 37.5 Å². The molecule has 5 heterocycles. The molecule has 3 aromatic heterocycles. The van der Waals surface area contributed by atoms with E-state index in [0.717, 1.165) is 22.2 Å². The van der Waals surface area contributed by atoms with E-state index in [1.807, 2.05) is 54.6 Å². The summed E-state index contributed by atoms with van der Waals surface area (Å²) in [6, 6.07) is 34.5. The summed E-state index contributed by atoms with van der Waals surface area (Å²) in [6.45, 7) is 0. The van der Waals surface area contributed by atoms with Crippen LogP contribution in [0.2, 0.25) is 0 Å². The zero-order valence-corrected chi connectivity index (χ0v) is 33.3. The molecule has 13 nitrogen and oxygen atoms in total. The summed E-state index contributed by atoms with van der Waals surface area (Å²) in [5.74, 6) is 0. The molecule has 2 aliphatic rings. The second kappa shape index (κ2) is 14.5. The van der Waals surface area contributed by atoms with Crippen molar-refractivity contribution in [1.82, 2.24) is 19.9 Å². The number of hydrogen-bond donors (Lipinski definition) is 5. The molecule has 0 amide bonds. The number of nitrogens with one attached hydrogen (secondary N) is 2. The molecule has 60 heavy (non-hydrogen) atoms. The zero-order chi connectivity index (χ0) is 42.0. The Morgan fingerprint density at radius 1 is 0.333 bits per heavy atom. The third-order valence-corrected chi connectivity index (χ3v) is 12.7. The van der Waals surface area contributed by atoms with Crippen LogP contribution in [0.15, 0.2) is 142 Å². The van der Waals surface area contributed by atoms with E-state index in [4.69, 9.17) is 9.97 Å². The molecule has 0 unspecified atom stereocenters. The van der Waals surface area contributed by atoms with Crippen LogP contribution in [0, 0.1) is 0 Å². The van der Waals surface area contributed by atoms with Gasteiger partial charge >= 0.3 is 0 Å². The van der Waals surface area contributed by atoms with Crippen LogP contribution in [0.5, 0.6) is 0 Å². The first-order valence-electron chi connectivity index (χ1n) is 18.1. The molecule has 298 valence electrons. The fraction of sp³-hybridized carbons (Fsp3) is 0. The first-order chi connectivity index (χ1) is 28.6. The molecule has 0 spiro atoms. The highest BCUT2D eigenvalue weighted by Crippen LogP contribution is 2.39. The lowest BCUT2D eigenvalue weighted by Gasteiger charge is -2.08. The Balaban J connectivity index is 1.44. The molecular formula is C44H30N4O9S3. The minimum Gasteiger partial charge on any atom is -0.354 e. The number of rotatable bonds is 7. The van der Waals surface area contributed by atoms with Crippen molar-refractivity contribution in [1.29, 1.82) is 0 Å². The summed E-state index contributed by atoms with van der Waals surface area (Å²) in [5, 5.41) is 0. The van der Waals surface area contributed by atoms with E-state index in [9.17, 15) is 38.9 Å². The van der Waals surface area contributed by atoms with Gasteiger partial charge in [-0.15, -0.1) is 0 Å². The SMILES string of the molecule is O=S(=O)(O)c1ccc(-c2c3nc(c(-c4ccc(S(=O)(=O)O)cc4)c4ccc([nH]4)c(-c4ccccc4)c4ccc([nH]4)c(-c4ccc(S(=O)(=O)O)cc4)c4nc2C=C4)C=C3)cc1. The molecule has 4 aromatic carbocycles. The van der Waals surface area contributed by atoms with Gasteiger partial charge in [0, 0.05) is 44.3 Å². The minimum absolute atomic E-state index is 0.279. The smallest absolute Gasteiger partial charge is 0.294 e. The fourth-order valence-electron chi connectivity index (χ4n) is 7.41. The molecule has 7 aromatic rings. The topological polar surface area (TPSA) is 220 Å². The van der Waals surface area contributed by atoms with Gasteiger partial charge in [-0.05, 0) is 107 Å². The molecular weight excluding hydrogens is 825 g/mol. The van der Waals surface area contributed by atoms with Crippen LogP contribution in [0.1, 0.15) is 22.8 Å². The average Bonchev–Trinajstić information content (AvgIpc) is 4.06.